The lowest BCUT2D eigenvalue weighted by Crippen LogP contribution is -2.35. The number of aromatic nitrogens is 1. The first-order valence-electron chi connectivity index (χ1n) is 9.61. The van der Waals surface area contributed by atoms with E-state index >= 15 is 0 Å². The highest BCUT2D eigenvalue weighted by Gasteiger charge is 2.30. The Balaban J connectivity index is 1.42. The molecule has 0 radical (unpaired) electrons. The standard InChI is InChI=1S/C22H21F3N2O4S/c1-14-27-17(13-32-14)11-30-19-7-5-15(6-8-19)21(29)26-10-18(28)12-31-20-4-2-3-16(9-20)22(23,24)25/h2-9,13,18,28H,10-12H2,1H3,(H,26,29). The minimum absolute atomic E-state index is 0.0198. The molecule has 1 amide bonds. The van der Waals surface area contributed by atoms with E-state index in [0.717, 1.165) is 22.8 Å². The van der Waals surface area contributed by atoms with Crippen LogP contribution in [0, 0.1) is 6.92 Å². The average Bonchev–Trinajstić information content (AvgIpc) is 3.19. The zero-order valence-electron chi connectivity index (χ0n) is 17.1. The number of amides is 1. The van der Waals surface area contributed by atoms with Gasteiger partial charge in [-0.15, -0.1) is 11.3 Å². The molecule has 6 nitrogen and oxygen atoms in total. The van der Waals surface area contributed by atoms with Crippen molar-refractivity contribution < 1.29 is 32.5 Å². The molecule has 1 heterocycles. The minimum Gasteiger partial charge on any atom is -0.491 e. The van der Waals surface area contributed by atoms with Gasteiger partial charge in [0.25, 0.3) is 5.91 Å². The highest BCUT2D eigenvalue weighted by molar-refractivity contribution is 7.09. The van der Waals surface area contributed by atoms with E-state index in [1.807, 2.05) is 12.3 Å². The van der Waals surface area contributed by atoms with Gasteiger partial charge in [0.2, 0.25) is 0 Å². The maximum Gasteiger partial charge on any atom is 0.416 e. The number of alkyl halides is 3. The molecule has 0 fully saturated rings. The van der Waals surface area contributed by atoms with Crippen molar-refractivity contribution in [1.82, 2.24) is 10.3 Å². The maximum atomic E-state index is 12.7. The number of carbonyl (C=O) groups is 1. The number of rotatable bonds is 9. The zero-order valence-corrected chi connectivity index (χ0v) is 17.9. The lowest BCUT2D eigenvalue weighted by Gasteiger charge is -2.14. The molecule has 0 aliphatic rings. The van der Waals surface area contributed by atoms with Gasteiger partial charge < -0.3 is 19.9 Å². The Morgan fingerprint density at radius 2 is 1.91 bits per heavy atom. The van der Waals surface area contributed by atoms with Crippen molar-refractivity contribution >= 4 is 17.2 Å². The maximum absolute atomic E-state index is 12.7. The molecule has 32 heavy (non-hydrogen) atoms. The van der Waals surface area contributed by atoms with Gasteiger partial charge in [-0.1, -0.05) is 6.07 Å². The molecule has 2 N–H and O–H groups in total. The first-order chi connectivity index (χ1) is 15.2. The van der Waals surface area contributed by atoms with Crippen molar-refractivity contribution in [2.75, 3.05) is 13.2 Å². The van der Waals surface area contributed by atoms with Crippen LogP contribution in [0.1, 0.15) is 26.6 Å². The molecule has 1 aromatic heterocycles. The molecule has 170 valence electrons. The largest absolute Gasteiger partial charge is 0.491 e. The van der Waals surface area contributed by atoms with Gasteiger partial charge in [0.05, 0.1) is 16.3 Å². The number of nitrogens with one attached hydrogen (secondary N) is 1. The van der Waals surface area contributed by atoms with Crippen LogP contribution in [0.2, 0.25) is 0 Å². The summed E-state index contributed by atoms with van der Waals surface area (Å²) in [7, 11) is 0. The zero-order chi connectivity index (χ0) is 23.1. The summed E-state index contributed by atoms with van der Waals surface area (Å²) in [5.41, 5.74) is 0.357. The molecule has 0 aliphatic carbocycles. The molecule has 1 unspecified atom stereocenters. The second kappa shape index (κ2) is 10.5. The molecule has 10 heteroatoms. The molecule has 0 aliphatic heterocycles. The Morgan fingerprint density at radius 3 is 2.56 bits per heavy atom. The number of ether oxygens (including phenoxy) is 2. The highest BCUT2D eigenvalue weighted by atomic mass is 32.1. The van der Waals surface area contributed by atoms with E-state index in [2.05, 4.69) is 10.3 Å². The van der Waals surface area contributed by atoms with E-state index in [4.69, 9.17) is 9.47 Å². The van der Waals surface area contributed by atoms with Crippen LogP contribution in [0.4, 0.5) is 13.2 Å². The van der Waals surface area contributed by atoms with Crippen molar-refractivity contribution in [3.8, 4) is 11.5 Å². The van der Waals surface area contributed by atoms with E-state index < -0.39 is 23.8 Å². The molecule has 1 atom stereocenters. The third-order valence-corrected chi connectivity index (χ3v) is 5.09. The summed E-state index contributed by atoms with van der Waals surface area (Å²) in [5, 5.41) is 15.4. The molecular formula is C22H21F3N2O4S. The molecule has 0 spiro atoms. The quantitative estimate of drug-likeness (QED) is 0.494. The first kappa shape index (κ1) is 23.6. The van der Waals surface area contributed by atoms with Crippen molar-refractivity contribution in [3.05, 3.63) is 75.7 Å². The summed E-state index contributed by atoms with van der Waals surface area (Å²) in [5.74, 6) is 0.153. The van der Waals surface area contributed by atoms with Crippen LogP contribution >= 0.6 is 11.3 Å². The number of hydrogen-bond donors (Lipinski definition) is 2. The fourth-order valence-corrected chi connectivity index (χ4v) is 3.26. The fraction of sp³-hybridized carbons (Fsp3) is 0.273. The average molecular weight is 466 g/mol. The predicted octanol–water partition coefficient (Wildman–Crippen LogP) is 4.22. The number of halogens is 3. The molecule has 0 saturated heterocycles. The Bertz CT molecular complexity index is 1040. The Kier molecular flexibility index (Phi) is 7.70. The number of aryl methyl sites for hydroxylation is 1. The van der Waals surface area contributed by atoms with E-state index in [1.165, 1.54) is 23.5 Å². The van der Waals surface area contributed by atoms with Gasteiger partial charge in [0, 0.05) is 17.5 Å². The monoisotopic (exact) mass is 466 g/mol. The van der Waals surface area contributed by atoms with Gasteiger partial charge in [-0.05, 0) is 49.4 Å². The number of carbonyl (C=O) groups excluding carboxylic acids is 1. The fourth-order valence-electron chi connectivity index (χ4n) is 2.66. The van der Waals surface area contributed by atoms with Gasteiger partial charge in [-0.3, -0.25) is 4.79 Å². The van der Waals surface area contributed by atoms with Crippen LogP contribution in [0.3, 0.4) is 0 Å². The molecular weight excluding hydrogens is 445 g/mol. The van der Waals surface area contributed by atoms with Crippen molar-refractivity contribution in [2.24, 2.45) is 0 Å². The SMILES string of the molecule is Cc1nc(COc2ccc(C(=O)NCC(O)COc3cccc(C(F)(F)F)c3)cc2)cs1. The van der Waals surface area contributed by atoms with Gasteiger partial charge in [-0.2, -0.15) is 13.2 Å². The summed E-state index contributed by atoms with van der Waals surface area (Å²) in [6.07, 6.45) is -5.58. The Labute approximate surface area is 186 Å². The number of aliphatic hydroxyl groups is 1. The predicted molar refractivity (Wildman–Crippen MR) is 113 cm³/mol. The van der Waals surface area contributed by atoms with Gasteiger partial charge >= 0.3 is 6.18 Å². The highest BCUT2D eigenvalue weighted by Crippen LogP contribution is 2.31. The van der Waals surface area contributed by atoms with Crippen LogP contribution in [-0.4, -0.2) is 35.3 Å². The lowest BCUT2D eigenvalue weighted by molar-refractivity contribution is -0.137. The van der Waals surface area contributed by atoms with Crippen LogP contribution in [-0.2, 0) is 12.8 Å². The summed E-state index contributed by atoms with van der Waals surface area (Å²) in [6, 6.07) is 10.8. The Hall–Kier alpha value is -3.11. The summed E-state index contributed by atoms with van der Waals surface area (Å²) < 4.78 is 49.0. The van der Waals surface area contributed by atoms with E-state index in [9.17, 15) is 23.1 Å². The number of nitrogens with zero attached hydrogens (tertiary/aromatic N) is 1. The van der Waals surface area contributed by atoms with Gasteiger partial charge in [-0.25, -0.2) is 4.98 Å². The van der Waals surface area contributed by atoms with Crippen molar-refractivity contribution in [2.45, 2.75) is 25.8 Å². The first-order valence-corrected chi connectivity index (χ1v) is 10.5. The second-order valence-electron chi connectivity index (χ2n) is 6.87. The van der Waals surface area contributed by atoms with Crippen molar-refractivity contribution in [3.63, 3.8) is 0 Å². The van der Waals surface area contributed by atoms with E-state index in [-0.39, 0.29) is 18.9 Å². The molecule has 3 aromatic rings. The summed E-state index contributed by atoms with van der Waals surface area (Å²) >= 11 is 1.54. The van der Waals surface area contributed by atoms with E-state index in [0.29, 0.717) is 17.9 Å². The number of benzene rings is 2. The van der Waals surface area contributed by atoms with E-state index in [1.54, 1.807) is 24.3 Å². The molecule has 0 saturated carbocycles. The minimum atomic E-state index is -4.48. The van der Waals surface area contributed by atoms with Gasteiger partial charge in [0.1, 0.15) is 30.8 Å². The molecule has 3 rings (SSSR count). The third kappa shape index (κ3) is 6.96. The summed E-state index contributed by atoms with van der Waals surface area (Å²) in [4.78, 5) is 16.5. The summed E-state index contributed by atoms with van der Waals surface area (Å²) in [6.45, 7) is 1.84. The van der Waals surface area contributed by atoms with Crippen LogP contribution in [0.5, 0.6) is 11.5 Å². The second-order valence-corrected chi connectivity index (χ2v) is 7.93. The molecule has 0 bridgehead atoms. The van der Waals surface area contributed by atoms with Crippen molar-refractivity contribution in [1.29, 1.82) is 0 Å². The molecule has 2 aromatic carbocycles. The van der Waals surface area contributed by atoms with Crippen LogP contribution < -0.4 is 14.8 Å². The number of aliphatic hydroxyl groups excluding tert-OH is 1. The van der Waals surface area contributed by atoms with Gasteiger partial charge in [0.15, 0.2) is 0 Å². The van der Waals surface area contributed by atoms with Crippen LogP contribution in [0.15, 0.2) is 53.9 Å². The number of hydrogen-bond acceptors (Lipinski definition) is 6. The van der Waals surface area contributed by atoms with Crippen LogP contribution in [0.25, 0.3) is 0 Å². The number of thiazole rings is 1. The Morgan fingerprint density at radius 1 is 1.16 bits per heavy atom. The smallest absolute Gasteiger partial charge is 0.416 e. The normalized spacial score (nSPS) is 12.3. The topological polar surface area (TPSA) is 80.7 Å². The third-order valence-electron chi connectivity index (χ3n) is 4.27. The lowest BCUT2D eigenvalue weighted by atomic mass is 10.2.